The van der Waals surface area contributed by atoms with Gasteiger partial charge in [-0.1, -0.05) is 6.07 Å². The molecular formula is C17H17F3N4O4S. The number of alkyl halides is 3. The molecule has 0 aliphatic carbocycles. The van der Waals surface area contributed by atoms with Crippen molar-refractivity contribution in [3.05, 3.63) is 57.8 Å². The molecule has 29 heavy (non-hydrogen) atoms. The van der Waals surface area contributed by atoms with E-state index in [-0.39, 0.29) is 36.8 Å². The van der Waals surface area contributed by atoms with E-state index in [1.807, 2.05) is 0 Å². The van der Waals surface area contributed by atoms with Crippen molar-refractivity contribution in [2.24, 2.45) is 0 Å². The zero-order valence-corrected chi connectivity index (χ0v) is 16.1. The van der Waals surface area contributed by atoms with Gasteiger partial charge in [-0.05, 0) is 25.1 Å². The van der Waals surface area contributed by atoms with Crippen molar-refractivity contribution in [1.82, 2.24) is 9.29 Å². The van der Waals surface area contributed by atoms with Gasteiger partial charge in [0.25, 0.3) is 5.69 Å². The number of anilines is 1. The highest BCUT2D eigenvalue weighted by molar-refractivity contribution is 7.89. The minimum absolute atomic E-state index is 0.0761. The predicted molar refractivity (Wildman–Crippen MR) is 98.0 cm³/mol. The van der Waals surface area contributed by atoms with Gasteiger partial charge < -0.3 is 4.90 Å². The first-order chi connectivity index (χ1) is 13.5. The summed E-state index contributed by atoms with van der Waals surface area (Å²) in [4.78, 5) is 15.8. The molecule has 1 aliphatic rings. The van der Waals surface area contributed by atoms with Crippen LogP contribution in [0.4, 0.5) is 24.7 Å². The van der Waals surface area contributed by atoms with E-state index in [4.69, 9.17) is 0 Å². The van der Waals surface area contributed by atoms with Gasteiger partial charge in [0.15, 0.2) is 0 Å². The summed E-state index contributed by atoms with van der Waals surface area (Å²) in [6, 6.07) is 5.91. The molecule has 1 fully saturated rings. The first-order valence-corrected chi connectivity index (χ1v) is 9.97. The number of sulfonamides is 1. The van der Waals surface area contributed by atoms with Gasteiger partial charge in [0.1, 0.15) is 5.82 Å². The maximum atomic E-state index is 12.8. The number of halogens is 3. The molecule has 0 bridgehead atoms. The van der Waals surface area contributed by atoms with Crippen LogP contribution in [-0.4, -0.2) is 48.8 Å². The number of hydrogen-bond donors (Lipinski definition) is 0. The number of aromatic nitrogens is 1. The molecule has 0 radical (unpaired) electrons. The van der Waals surface area contributed by atoms with Crippen LogP contribution in [0.3, 0.4) is 0 Å². The molecule has 2 aromatic rings. The number of hydrogen-bond acceptors (Lipinski definition) is 6. The number of rotatable bonds is 4. The van der Waals surface area contributed by atoms with E-state index in [9.17, 15) is 31.7 Å². The summed E-state index contributed by atoms with van der Waals surface area (Å²) in [5.74, 6) is 0.320. The summed E-state index contributed by atoms with van der Waals surface area (Å²) < 4.78 is 64.7. The molecule has 0 saturated carbocycles. The maximum absolute atomic E-state index is 12.8. The molecule has 0 N–H and O–H groups in total. The number of piperazine rings is 1. The lowest BCUT2D eigenvalue weighted by Crippen LogP contribution is -2.48. The molecule has 0 spiro atoms. The van der Waals surface area contributed by atoms with Gasteiger partial charge in [0.05, 0.1) is 15.4 Å². The minimum Gasteiger partial charge on any atom is -0.354 e. The third-order valence-corrected chi connectivity index (χ3v) is 6.55. The third kappa shape index (κ3) is 4.32. The average molecular weight is 430 g/mol. The molecule has 0 atom stereocenters. The Hall–Kier alpha value is -2.73. The molecule has 12 heteroatoms. The second-order valence-corrected chi connectivity index (χ2v) is 8.44. The summed E-state index contributed by atoms with van der Waals surface area (Å²) in [6.45, 7) is 2.13. The average Bonchev–Trinajstić information content (AvgIpc) is 2.67. The molecule has 0 unspecified atom stereocenters. The molecule has 1 aromatic heterocycles. The standard InChI is InChI=1S/C17H17F3N4O4S/c1-12-2-4-14(10-15(12)24(25)26)29(27,28)23-8-6-22(7-9-23)16-5-3-13(11-21-16)17(18,19)20/h2-5,10-11H,6-9H2,1H3. The van der Waals surface area contributed by atoms with Crippen LogP contribution in [0.15, 0.2) is 41.4 Å². The normalized spacial score (nSPS) is 16.1. The maximum Gasteiger partial charge on any atom is 0.417 e. The molecule has 8 nitrogen and oxygen atoms in total. The molecule has 1 aliphatic heterocycles. The lowest BCUT2D eigenvalue weighted by atomic mass is 10.2. The van der Waals surface area contributed by atoms with Gasteiger partial charge in [-0.2, -0.15) is 17.5 Å². The quantitative estimate of drug-likeness (QED) is 0.547. The van der Waals surface area contributed by atoms with Gasteiger partial charge in [-0.3, -0.25) is 10.1 Å². The Balaban J connectivity index is 1.73. The number of pyridine rings is 1. The second-order valence-electron chi connectivity index (χ2n) is 6.50. The lowest BCUT2D eigenvalue weighted by molar-refractivity contribution is -0.385. The fourth-order valence-corrected chi connectivity index (χ4v) is 4.44. The van der Waals surface area contributed by atoms with Crippen molar-refractivity contribution < 1.29 is 26.5 Å². The van der Waals surface area contributed by atoms with Crippen LogP contribution in [0.2, 0.25) is 0 Å². The fourth-order valence-electron chi connectivity index (χ4n) is 2.99. The first-order valence-electron chi connectivity index (χ1n) is 8.53. The number of nitro groups is 1. The second kappa shape index (κ2) is 7.59. The number of nitro benzene ring substituents is 1. The summed E-state index contributed by atoms with van der Waals surface area (Å²) >= 11 is 0. The zero-order valence-electron chi connectivity index (χ0n) is 15.3. The molecule has 2 heterocycles. The van der Waals surface area contributed by atoms with Crippen LogP contribution in [-0.2, 0) is 16.2 Å². The Morgan fingerprint density at radius 3 is 2.28 bits per heavy atom. The molecule has 0 amide bonds. The van der Waals surface area contributed by atoms with E-state index < -0.39 is 26.7 Å². The summed E-state index contributed by atoms with van der Waals surface area (Å²) in [7, 11) is -3.93. The monoisotopic (exact) mass is 430 g/mol. The number of benzene rings is 1. The van der Waals surface area contributed by atoms with Crippen molar-refractivity contribution >= 4 is 21.5 Å². The van der Waals surface area contributed by atoms with Crippen LogP contribution >= 0.6 is 0 Å². The Bertz CT molecular complexity index is 1020. The number of aryl methyl sites for hydroxylation is 1. The molecule has 1 aromatic carbocycles. The van der Waals surface area contributed by atoms with Gasteiger partial charge in [-0.15, -0.1) is 0 Å². The SMILES string of the molecule is Cc1ccc(S(=O)(=O)N2CCN(c3ccc(C(F)(F)F)cn3)CC2)cc1[N+](=O)[O-]. The van der Waals surface area contributed by atoms with E-state index in [1.54, 1.807) is 4.90 Å². The largest absolute Gasteiger partial charge is 0.417 e. The van der Waals surface area contributed by atoms with Crippen molar-refractivity contribution in [2.45, 2.75) is 18.0 Å². The van der Waals surface area contributed by atoms with Crippen molar-refractivity contribution in [3.8, 4) is 0 Å². The Morgan fingerprint density at radius 1 is 1.10 bits per heavy atom. The molecule has 156 valence electrons. The highest BCUT2D eigenvalue weighted by atomic mass is 32.2. The smallest absolute Gasteiger partial charge is 0.354 e. The van der Waals surface area contributed by atoms with Crippen LogP contribution < -0.4 is 4.90 Å². The molecule has 3 rings (SSSR count). The Labute approximate surface area is 164 Å². The molecular weight excluding hydrogens is 413 g/mol. The minimum atomic E-state index is -4.48. The van der Waals surface area contributed by atoms with Gasteiger partial charge in [0, 0.05) is 44.0 Å². The first kappa shape index (κ1) is 21.0. The van der Waals surface area contributed by atoms with Crippen LogP contribution in [0, 0.1) is 17.0 Å². The summed E-state index contributed by atoms with van der Waals surface area (Å²) in [5, 5.41) is 11.1. The highest BCUT2D eigenvalue weighted by Gasteiger charge is 2.32. The van der Waals surface area contributed by atoms with E-state index in [0.717, 1.165) is 18.3 Å². The van der Waals surface area contributed by atoms with Crippen molar-refractivity contribution in [3.63, 3.8) is 0 Å². The van der Waals surface area contributed by atoms with E-state index in [0.29, 0.717) is 11.4 Å². The van der Waals surface area contributed by atoms with Gasteiger partial charge in [0.2, 0.25) is 10.0 Å². The summed E-state index contributed by atoms with van der Waals surface area (Å²) in [6.07, 6.45) is -3.74. The fraction of sp³-hybridized carbons (Fsp3) is 0.353. The highest BCUT2D eigenvalue weighted by Crippen LogP contribution is 2.30. The van der Waals surface area contributed by atoms with Crippen LogP contribution in [0.1, 0.15) is 11.1 Å². The topological polar surface area (TPSA) is 96.7 Å². The summed E-state index contributed by atoms with van der Waals surface area (Å²) in [5.41, 5.74) is -0.783. The Morgan fingerprint density at radius 2 is 1.76 bits per heavy atom. The third-order valence-electron chi connectivity index (χ3n) is 4.65. The van der Waals surface area contributed by atoms with Gasteiger partial charge in [-0.25, -0.2) is 13.4 Å². The van der Waals surface area contributed by atoms with Crippen LogP contribution in [0.5, 0.6) is 0 Å². The molecule has 1 saturated heterocycles. The number of nitrogens with zero attached hydrogens (tertiary/aromatic N) is 4. The van der Waals surface area contributed by atoms with Gasteiger partial charge >= 0.3 is 6.18 Å². The van der Waals surface area contributed by atoms with Crippen LogP contribution in [0.25, 0.3) is 0 Å². The van der Waals surface area contributed by atoms with E-state index in [1.165, 1.54) is 29.4 Å². The lowest BCUT2D eigenvalue weighted by Gasteiger charge is -2.34. The van der Waals surface area contributed by atoms with Crippen molar-refractivity contribution in [2.75, 3.05) is 31.1 Å². The Kier molecular flexibility index (Phi) is 5.50. The zero-order chi connectivity index (χ0) is 21.4. The van der Waals surface area contributed by atoms with Crippen molar-refractivity contribution in [1.29, 1.82) is 0 Å². The van der Waals surface area contributed by atoms with E-state index >= 15 is 0 Å². The predicted octanol–water partition coefficient (Wildman–Crippen LogP) is 2.83. The van der Waals surface area contributed by atoms with E-state index in [2.05, 4.69) is 4.98 Å².